The van der Waals surface area contributed by atoms with Gasteiger partial charge in [-0.25, -0.2) is 0 Å². The zero-order valence-electron chi connectivity index (χ0n) is 8.86. The Bertz CT molecular complexity index is 238. The van der Waals surface area contributed by atoms with E-state index in [-0.39, 0.29) is 0 Å². The number of rotatable bonds is 6. The number of hydrogen-bond donors (Lipinski definition) is 1. The lowest BCUT2D eigenvalue weighted by Gasteiger charge is -2.15. The SMILES string of the molecule is CCOCCC(NC)c1ccncc1. The van der Waals surface area contributed by atoms with Gasteiger partial charge in [-0.15, -0.1) is 0 Å². The summed E-state index contributed by atoms with van der Waals surface area (Å²) < 4.78 is 5.33. The molecule has 0 amide bonds. The fraction of sp³-hybridized carbons (Fsp3) is 0.545. The molecule has 0 saturated carbocycles. The van der Waals surface area contributed by atoms with Crippen LogP contribution in [0.25, 0.3) is 0 Å². The fourth-order valence-electron chi connectivity index (χ4n) is 1.42. The van der Waals surface area contributed by atoms with E-state index in [1.54, 1.807) is 0 Å². The van der Waals surface area contributed by atoms with Crippen molar-refractivity contribution in [2.24, 2.45) is 0 Å². The van der Waals surface area contributed by atoms with E-state index in [4.69, 9.17) is 4.74 Å². The zero-order valence-corrected chi connectivity index (χ0v) is 8.86. The normalized spacial score (nSPS) is 12.7. The molecule has 78 valence electrons. The molecule has 1 rings (SSSR count). The summed E-state index contributed by atoms with van der Waals surface area (Å²) in [4.78, 5) is 4.00. The molecule has 0 bridgehead atoms. The molecule has 1 aromatic heterocycles. The summed E-state index contributed by atoms with van der Waals surface area (Å²) in [5.41, 5.74) is 1.27. The van der Waals surface area contributed by atoms with Crippen molar-refractivity contribution in [2.45, 2.75) is 19.4 Å². The van der Waals surface area contributed by atoms with Crippen molar-refractivity contribution in [3.63, 3.8) is 0 Å². The van der Waals surface area contributed by atoms with Crippen LogP contribution in [0.3, 0.4) is 0 Å². The van der Waals surface area contributed by atoms with Crippen LogP contribution in [0.2, 0.25) is 0 Å². The van der Waals surface area contributed by atoms with Gasteiger partial charge in [0, 0.05) is 31.6 Å². The lowest BCUT2D eigenvalue weighted by Crippen LogP contribution is -2.18. The molecule has 1 atom stereocenters. The van der Waals surface area contributed by atoms with Crippen LogP contribution in [0.5, 0.6) is 0 Å². The lowest BCUT2D eigenvalue weighted by molar-refractivity contribution is 0.137. The van der Waals surface area contributed by atoms with Crippen LogP contribution in [0.15, 0.2) is 24.5 Å². The van der Waals surface area contributed by atoms with Gasteiger partial charge in [0.15, 0.2) is 0 Å². The van der Waals surface area contributed by atoms with E-state index >= 15 is 0 Å². The van der Waals surface area contributed by atoms with Gasteiger partial charge in [-0.05, 0) is 38.1 Å². The first-order chi connectivity index (χ1) is 6.88. The Hall–Kier alpha value is -0.930. The van der Waals surface area contributed by atoms with Crippen molar-refractivity contribution in [1.29, 1.82) is 0 Å². The van der Waals surface area contributed by atoms with Crippen molar-refractivity contribution in [3.8, 4) is 0 Å². The first kappa shape index (κ1) is 11.1. The summed E-state index contributed by atoms with van der Waals surface area (Å²) in [6.45, 7) is 3.60. The molecular weight excluding hydrogens is 176 g/mol. The monoisotopic (exact) mass is 194 g/mol. The third-order valence-electron chi connectivity index (χ3n) is 2.21. The molecule has 0 saturated heterocycles. The van der Waals surface area contributed by atoms with E-state index in [1.807, 2.05) is 38.5 Å². The highest BCUT2D eigenvalue weighted by Crippen LogP contribution is 2.14. The lowest BCUT2D eigenvalue weighted by atomic mass is 10.1. The summed E-state index contributed by atoms with van der Waals surface area (Å²) in [5, 5.41) is 3.27. The third-order valence-corrected chi connectivity index (χ3v) is 2.21. The van der Waals surface area contributed by atoms with Gasteiger partial charge < -0.3 is 10.1 Å². The summed E-state index contributed by atoms with van der Waals surface area (Å²) in [7, 11) is 1.97. The molecule has 1 aromatic rings. The zero-order chi connectivity index (χ0) is 10.2. The molecule has 1 heterocycles. The maximum absolute atomic E-state index is 5.33. The maximum atomic E-state index is 5.33. The molecule has 0 radical (unpaired) electrons. The molecule has 0 fully saturated rings. The van der Waals surface area contributed by atoms with Crippen molar-refractivity contribution in [1.82, 2.24) is 10.3 Å². The molecule has 1 N–H and O–H groups in total. The highest BCUT2D eigenvalue weighted by molar-refractivity contribution is 5.14. The Labute approximate surface area is 85.5 Å². The van der Waals surface area contributed by atoms with Crippen LogP contribution < -0.4 is 5.32 Å². The molecule has 3 nitrogen and oxygen atoms in total. The largest absolute Gasteiger partial charge is 0.382 e. The summed E-state index contributed by atoms with van der Waals surface area (Å²) in [6, 6.07) is 4.43. The minimum Gasteiger partial charge on any atom is -0.382 e. The maximum Gasteiger partial charge on any atom is 0.0484 e. The second-order valence-corrected chi connectivity index (χ2v) is 3.11. The van der Waals surface area contributed by atoms with E-state index in [2.05, 4.69) is 10.3 Å². The predicted molar refractivity (Wildman–Crippen MR) is 57.1 cm³/mol. The topological polar surface area (TPSA) is 34.1 Å². The van der Waals surface area contributed by atoms with E-state index in [1.165, 1.54) is 5.56 Å². The Morgan fingerprint density at radius 2 is 2.14 bits per heavy atom. The van der Waals surface area contributed by atoms with Crippen LogP contribution in [-0.2, 0) is 4.74 Å². The molecule has 3 heteroatoms. The molecule has 14 heavy (non-hydrogen) atoms. The first-order valence-corrected chi connectivity index (χ1v) is 5.03. The van der Waals surface area contributed by atoms with Crippen molar-refractivity contribution < 1.29 is 4.74 Å². The Morgan fingerprint density at radius 1 is 1.43 bits per heavy atom. The molecule has 0 spiro atoms. The number of ether oxygens (including phenoxy) is 1. The van der Waals surface area contributed by atoms with E-state index < -0.39 is 0 Å². The highest BCUT2D eigenvalue weighted by atomic mass is 16.5. The Morgan fingerprint density at radius 3 is 2.71 bits per heavy atom. The highest BCUT2D eigenvalue weighted by Gasteiger charge is 2.07. The van der Waals surface area contributed by atoms with Gasteiger partial charge in [0.1, 0.15) is 0 Å². The standard InChI is InChI=1S/C11H18N2O/c1-3-14-9-6-11(12-2)10-4-7-13-8-5-10/h4-5,7-8,11-12H,3,6,9H2,1-2H3. The van der Waals surface area contributed by atoms with Crippen molar-refractivity contribution in [2.75, 3.05) is 20.3 Å². The van der Waals surface area contributed by atoms with Gasteiger partial charge in [-0.3, -0.25) is 4.98 Å². The summed E-state index contributed by atoms with van der Waals surface area (Å²) in [5.74, 6) is 0. The third kappa shape index (κ3) is 3.44. The molecule has 0 aliphatic heterocycles. The van der Waals surface area contributed by atoms with Crippen molar-refractivity contribution in [3.05, 3.63) is 30.1 Å². The summed E-state index contributed by atoms with van der Waals surface area (Å²) >= 11 is 0. The van der Waals surface area contributed by atoms with Gasteiger partial charge in [-0.2, -0.15) is 0 Å². The molecule has 0 aliphatic rings. The molecule has 0 aromatic carbocycles. The van der Waals surface area contributed by atoms with Gasteiger partial charge in [0.2, 0.25) is 0 Å². The smallest absolute Gasteiger partial charge is 0.0484 e. The number of pyridine rings is 1. The van der Waals surface area contributed by atoms with Crippen molar-refractivity contribution >= 4 is 0 Å². The summed E-state index contributed by atoms with van der Waals surface area (Å²) in [6.07, 6.45) is 4.63. The van der Waals surface area contributed by atoms with Gasteiger partial charge in [0.05, 0.1) is 0 Å². The predicted octanol–water partition coefficient (Wildman–Crippen LogP) is 1.77. The first-order valence-electron chi connectivity index (χ1n) is 5.03. The van der Waals surface area contributed by atoms with Crippen LogP contribution in [0.1, 0.15) is 24.9 Å². The quantitative estimate of drug-likeness (QED) is 0.701. The Kier molecular flexibility index (Phi) is 5.19. The van der Waals surface area contributed by atoms with Gasteiger partial charge in [-0.1, -0.05) is 0 Å². The molecule has 0 aliphatic carbocycles. The Balaban J connectivity index is 2.46. The van der Waals surface area contributed by atoms with Crippen LogP contribution in [0, 0.1) is 0 Å². The minimum atomic E-state index is 0.365. The van der Waals surface area contributed by atoms with E-state index in [0.717, 1.165) is 19.6 Å². The fourth-order valence-corrected chi connectivity index (χ4v) is 1.42. The van der Waals surface area contributed by atoms with Gasteiger partial charge in [0.25, 0.3) is 0 Å². The number of hydrogen-bond acceptors (Lipinski definition) is 3. The van der Waals surface area contributed by atoms with Gasteiger partial charge >= 0.3 is 0 Å². The van der Waals surface area contributed by atoms with Crippen LogP contribution in [-0.4, -0.2) is 25.2 Å². The van der Waals surface area contributed by atoms with Crippen LogP contribution >= 0.6 is 0 Å². The molecular formula is C11H18N2O. The van der Waals surface area contributed by atoms with Crippen LogP contribution in [0.4, 0.5) is 0 Å². The second kappa shape index (κ2) is 6.51. The second-order valence-electron chi connectivity index (χ2n) is 3.11. The average Bonchev–Trinajstić information content (AvgIpc) is 2.26. The number of nitrogens with zero attached hydrogens (tertiary/aromatic N) is 1. The van der Waals surface area contributed by atoms with E-state index in [9.17, 15) is 0 Å². The number of aromatic nitrogens is 1. The molecule has 1 unspecified atom stereocenters. The van der Waals surface area contributed by atoms with E-state index in [0.29, 0.717) is 6.04 Å². The number of nitrogens with one attached hydrogen (secondary N) is 1. The average molecular weight is 194 g/mol. The minimum absolute atomic E-state index is 0.365.